The highest BCUT2D eigenvalue weighted by Gasteiger charge is 2.13. The van der Waals surface area contributed by atoms with E-state index in [1.807, 2.05) is 0 Å². The van der Waals surface area contributed by atoms with E-state index in [2.05, 4.69) is 78.4 Å². The molecule has 2 aromatic rings. The normalized spacial score (nSPS) is 15.6. The molecule has 0 amide bonds. The van der Waals surface area contributed by atoms with Crippen molar-refractivity contribution in [2.24, 2.45) is 4.99 Å². The van der Waals surface area contributed by atoms with Crippen LogP contribution < -0.4 is 10.6 Å². The van der Waals surface area contributed by atoms with E-state index in [4.69, 9.17) is 0 Å². The van der Waals surface area contributed by atoms with Gasteiger partial charge in [0, 0.05) is 65.8 Å². The molecule has 2 heterocycles. The molecule has 1 aromatic carbocycles. The lowest BCUT2D eigenvalue weighted by atomic mass is 10.1. The number of benzene rings is 1. The fraction of sp³-hybridized carbons (Fsp3) is 0.571. The Bertz CT molecular complexity index is 766. The molecule has 0 saturated carbocycles. The van der Waals surface area contributed by atoms with Crippen LogP contribution >= 0.6 is 24.0 Å². The Kier molecular flexibility index (Phi) is 10.5. The average molecular weight is 526 g/mol. The fourth-order valence-electron chi connectivity index (χ4n) is 3.47. The maximum atomic E-state index is 4.31. The molecule has 3 rings (SSSR count). The van der Waals surface area contributed by atoms with Crippen LogP contribution in [0.5, 0.6) is 0 Å². The first-order chi connectivity index (χ1) is 14.2. The van der Waals surface area contributed by atoms with Crippen LogP contribution in [0.1, 0.15) is 23.9 Å². The third-order valence-electron chi connectivity index (χ3n) is 5.37. The summed E-state index contributed by atoms with van der Waals surface area (Å²) in [4.78, 5) is 9.23. The zero-order chi connectivity index (χ0) is 20.5. The van der Waals surface area contributed by atoms with E-state index >= 15 is 0 Å². The van der Waals surface area contributed by atoms with Gasteiger partial charge in [0.25, 0.3) is 0 Å². The highest BCUT2D eigenvalue weighted by molar-refractivity contribution is 14.0. The Morgan fingerprint density at radius 3 is 2.43 bits per heavy atom. The molecule has 1 aromatic heterocycles. The van der Waals surface area contributed by atoms with Crippen molar-refractivity contribution in [3.63, 3.8) is 0 Å². The van der Waals surface area contributed by atoms with E-state index in [1.165, 1.54) is 11.1 Å². The number of hydrogen-bond donors (Lipinski definition) is 2. The minimum Gasteiger partial charge on any atom is -0.355 e. The molecule has 0 aliphatic carbocycles. The molecule has 2 N–H and O–H groups in total. The first kappa shape index (κ1) is 24.5. The first-order valence-corrected chi connectivity index (χ1v) is 10.5. The highest BCUT2D eigenvalue weighted by atomic mass is 127. The Balaban J connectivity index is 0.00000320. The van der Waals surface area contributed by atoms with Crippen LogP contribution in [0, 0.1) is 0 Å². The zero-order valence-corrected chi connectivity index (χ0v) is 20.7. The number of nitrogens with zero attached hydrogens (tertiary/aromatic N) is 6. The number of likely N-dealkylation sites (N-methyl/N-ethyl adjacent to an activating group) is 1. The van der Waals surface area contributed by atoms with Gasteiger partial charge in [0.15, 0.2) is 5.96 Å². The van der Waals surface area contributed by atoms with Gasteiger partial charge in [-0.05, 0) is 18.2 Å². The zero-order valence-electron chi connectivity index (χ0n) is 18.3. The van der Waals surface area contributed by atoms with E-state index in [1.54, 1.807) is 13.4 Å². The van der Waals surface area contributed by atoms with Gasteiger partial charge >= 0.3 is 0 Å². The van der Waals surface area contributed by atoms with Crippen molar-refractivity contribution in [2.45, 2.75) is 33.0 Å². The predicted molar refractivity (Wildman–Crippen MR) is 132 cm³/mol. The Labute approximate surface area is 197 Å². The molecule has 30 heavy (non-hydrogen) atoms. The summed E-state index contributed by atoms with van der Waals surface area (Å²) in [5.74, 6) is 1.81. The fourth-order valence-corrected chi connectivity index (χ4v) is 3.47. The second-order valence-electron chi connectivity index (χ2n) is 7.54. The molecule has 0 spiro atoms. The number of guanidine groups is 1. The van der Waals surface area contributed by atoms with Gasteiger partial charge in [0.05, 0.1) is 0 Å². The van der Waals surface area contributed by atoms with E-state index < -0.39 is 0 Å². The lowest BCUT2D eigenvalue weighted by Crippen LogP contribution is -2.43. The first-order valence-electron chi connectivity index (χ1n) is 10.5. The van der Waals surface area contributed by atoms with Crippen LogP contribution in [0.2, 0.25) is 0 Å². The van der Waals surface area contributed by atoms with Gasteiger partial charge in [-0.1, -0.05) is 31.2 Å². The summed E-state index contributed by atoms with van der Waals surface area (Å²) in [6.07, 6.45) is 2.66. The quantitative estimate of drug-likeness (QED) is 0.309. The largest absolute Gasteiger partial charge is 0.355 e. The minimum absolute atomic E-state index is 0. The van der Waals surface area contributed by atoms with E-state index in [0.717, 1.165) is 70.6 Å². The maximum absolute atomic E-state index is 4.31. The summed E-state index contributed by atoms with van der Waals surface area (Å²) in [6.45, 7) is 10.1. The smallest absolute Gasteiger partial charge is 0.191 e. The molecule has 1 saturated heterocycles. The lowest BCUT2D eigenvalue weighted by Gasteiger charge is -2.32. The Morgan fingerprint density at radius 1 is 1.07 bits per heavy atom. The molecular formula is C21H35IN8. The number of aromatic nitrogens is 3. The van der Waals surface area contributed by atoms with Gasteiger partial charge in [0.1, 0.15) is 12.2 Å². The maximum Gasteiger partial charge on any atom is 0.191 e. The number of piperazine rings is 1. The Hall–Kier alpha value is -1.72. The summed E-state index contributed by atoms with van der Waals surface area (Å²) in [5.41, 5.74) is 2.63. The molecule has 1 fully saturated rings. The van der Waals surface area contributed by atoms with Crippen LogP contribution in [-0.4, -0.2) is 77.3 Å². The summed E-state index contributed by atoms with van der Waals surface area (Å²) in [7, 11) is 3.99. The van der Waals surface area contributed by atoms with Gasteiger partial charge in [-0.3, -0.25) is 9.89 Å². The van der Waals surface area contributed by atoms with E-state index in [0.29, 0.717) is 0 Å². The molecule has 0 atom stereocenters. The lowest BCUT2D eigenvalue weighted by molar-refractivity contribution is 0.148. The van der Waals surface area contributed by atoms with Crippen molar-refractivity contribution in [3.8, 4) is 0 Å². The van der Waals surface area contributed by atoms with Crippen LogP contribution in [0.3, 0.4) is 0 Å². The van der Waals surface area contributed by atoms with Crippen molar-refractivity contribution in [2.75, 3.05) is 46.8 Å². The van der Waals surface area contributed by atoms with Gasteiger partial charge in [-0.2, -0.15) is 0 Å². The molecule has 166 valence electrons. The average Bonchev–Trinajstić information content (AvgIpc) is 3.21. The molecule has 1 aliphatic heterocycles. The van der Waals surface area contributed by atoms with Crippen molar-refractivity contribution >= 4 is 29.9 Å². The SMILES string of the molecule is CCc1nncn1CCNC(=NC)NCc1ccc(CN2CCN(C)CC2)cc1.I. The standard InChI is InChI=1S/C21H34N8.HI/c1-4-20-26-25-17-29(20)10-9-23-21(22-2)24-15-18-5-7-19(8-6-18)16-28-13-11-27(3)12-14-28;/h5-8,17H,4,9-16H2,1-3H3,(H2,22,23,24);1H. The monoisotopic (exact) mass is 526 g/mol. The predicted octanol–water partition coefficient (Wildman–Crippen LogP) is 1.57. The number of rotatable bonds is 8. The summed E-state index contributed by atoms with van der Waals surface area (Å²) < 4.78 is 2.07. The summed E-state index contributed by atoms with van der Waals surface area (Å²) in [5, 5.41) is 14.8. The number of nitrogens with one attached hydrogen (secondary N) is 2. The van der Waals surface area contributed by atoms with E-state index in [9.17, 15) is 0 Å². The van der Waals surface area contributed by atoms with Gasteiger partial charge in [-0.25, -0.2) is 0 Å². The van der Waals surface area contributed by atoms with Crippen LogP contribution in [0.25, 0.3) is 0 Å². The van der Waals surface area contributed by atoms with Crippen molar-refractivity contribution in [3.05, 3.63) is 47.5 Å². The van der Waals surface area contributed by atoms with Crippen molar-refractivity contribution in [1.82, 2.24) is 35.2 Å². The number of hydrogen-bond acceptors (Lipinski definition) is 5. The third kappa shape index (κ3) is 7.51. The van der Waals surface area contributed by atoms with Crippen LogP contribution in [0.15, 0.2) is 35.6 Å². The van der Waals surface area contributed by atoms with Crippen LogP contribution in [0.4, 0.5) is 0 Å². The molecular weight excluding hydrogens is 491 g/mol. The molecule has 0 unspecified atom stereocenters. The highest BCUT2D eigenvalue weighted by Crippen LogP contribution is 2.09. The number of halogens is 1. The topological polar surface area (TPSA) is 73.6 Å². The molecule has 8 nitrogen and oxygen atoms in total. The minimum atomic E-state index is 0. The second-order valence-corrected chi connectivity index (χ2v) is 7.54. The molecule has 9 heteroatoms. The Morgan fingerprint density at radius 2 is 1.77 bits per heavy atom. The second kappa shape index (κ2) is 12.9. The van der Waals surface area contributed by atoms with Gasteiger partial charge in [0.2, 0.25) is 0 Å². The van der Waals surface area contributed by atoms with Gasteiger partial charge < -0.3 is 20.1 Å². The molecule has 1 aliphatic rings. The van der Waals surface area contributed by atoms with E-state index in [-0.39, 0.29) is 24.0 Å². The summed E-state index contributed by atoms with van der Waals surface area (Å²) >= 11 is 0. The third-order valence-corrected chi connectivity index (χ3v) is 5.37. The molecule has 0 radical (unpaired) electrons. The van der Waals surface area contributed by atoms with Crippen LogP contribution in [-0.2, 0) is 26.1 Å². The summed E-state index contributed by atoms with van der Waals surface area (Å²) in [6, 6.07) is 8.89. The van der Waals surface area contributed by atoms with Crippen molar-refractivity contribution in [1.29, 1.82) is 0 Å². The number of aryl methyl sites for hydroxylation is 1. The van der Waals surface area contributed by atoms with Gasteiger partial charge in [-0.15, -0.1) is 34.2 Å². The number of aliphatic imine (C=N–C) groups is 1. The molecule has 0 bridgehead atoms. The van der Waals surface area contributed by atoms with Crippen molar-refractivity contribution < 1.29 is 0 Å².